The number of halogens is 1. The third-order valence-electron chi connectivity index (χ3n) is 3.21. The molecule has 2 nitrogen and oxygen atoms in total. The molecule has 0 saturated carbocycles. The van der Waals surface area contributed by atoms with Crippen molar-refractivity contribution in [2.24, 2.45) is 5.73 Å². The lowest BCUT2D eigenvalue weighted by Gasteiger charge is -2.27. The van der Waals surface area contributed by atoms with E-state index in [1.807, 2.05) is 11.8 Å². The highest BCUT2D eigenvalue weighted by Gasteiger charge is 2.15. The van der Waals surface area contributed by atoms with Gasteiger partial charge in [0.2, 0.25) is 0 Å². The normalized spacial score (nSPS) is 12.7. The van der Waals surface area contributed by atoms with Gasteiger partial charge in [-0.05, 0) is 43.5 Å². The van der Waals surface area contributed by atoms with Gasteiger partial charge in [-0.3, -0.25) is 4.90 Å². The Morgan fingerprint density at radius 1 is 1.53 bits per heavy atom. The van der Waals surface area contributed by atoms with E-state index in [4.69, 9.17) is 18.0 Å². The lowest BCUT2D eigenvalue weighted by atomic mass is 10.1. The first-order chi connectivity index (χ1) is 8.99. The lowest BCUT2D eigenvalue weighted by molar-refractivity contribution is 0.247. The van der Waals surface area contributed by atoms with E-state index in [0.717, 1.165) is 23.3 Å². The highest BCUT2D eigenvalue weighted by molar-refractivity contribution is 7.98. The fourth-order valence-corrected chi connectivity index (χ4v) is 3.15. The minimum absolute atomic E-state index is 0.249. The van der Waals surface area contributed by atoms with Gasteiger partial charge in [0.1, 0.15) is 10.8 Å². The van der Waals surface area contributed by atoms with E-state index >= 15 is 0 Å². The van der Waals surface area contributed by atoms with Gasteiger partial charge in [0, 0.05) is 23.9 Å². The zero-order valence-electron chi connectivity index (χ0n) is 11.6. The van der Waals surface area contributed by atoms with Crippen molar-refractivity contribution in [3.05, 3.63) is 35.1 Å². The average molecular weight is 300 g/mol. The number of rotatable bonds is 7. The van der Waals surface area contributed by atoms with Crippen LogP contribution in [0.4, 0.5) is 4.39 Å². The quantitative estimate of drug-likeness (QED) is 0.784. The molecule has 0 aliphatic carbocycles. The van der Waals surface area contributed by atoms with Gasteiger partial charge in [-0.25, -0.2) is 4.39 Å². The summed E-state index contributed by atoms with van der Waals surface area (Å²) in [5.74, 6) is 0.811. The molecule has 0 aliphatic heterocycles. The number of nitrogens with zero attached hydrogens (tertiary/aromatic N) is 1. The molecule has 0 aromatic heterocycles. The zero-order valence-corrected chi connectivity index (χ0v) is 13.3. The minimum atomic E-state index is -0.249. The summed E-state index contributed by atoms with van der Waals surface area (Å²) in [6.07, 6.45) is 3.16. The van der Waals surface area contributed by atoms with E-state index in [0.29, 0.717) is 17.6 Å². The van der Waals surface area contributed by atoms with Gasteiger partial charge >= 0.3 is 0 Å². The van der Waals surface area contributed by atoms with E-state index in [9.17, 15) is 4.39 Å². The number of thiocarbonyl (C=S) groups is 1. The van der Waals surface area contributed by atoms with Crippen molar-refractivity contribution < 1.29 is 4.39 Å². The Bertz CT molecular complexity index is 437. The zero-order chi connectivity index (χ0) is 14.4. The summed E-state index contributed by atoms with van der Waals surface area (Å²) in [7, 11) is 2.05. The van der Waals surface area contributed by atoms with Crippen molar-refractivity contribution in [2.75, 3.05) is 19.1 Å². The first-order valence-corrected chi connectivity index (χ1v) is 8.07. The Morgan fingerprint density at radius 2 is 2.21 bits per heavy atom. The summed E-state index contributed by atoms with van der Waals surface area (Å²) in [4.78, 5) is 2.55. The van der Waals surface area contributed by atoms with E-state index in [1.54, 1.807) is 6.07 Å². The molecule has 1 aromatic rings. The molecule has 1 unspecified atom stereocenters. The van der Waals surface area contributed by atoms with Gasteiger partial charge < -0.3 is 5.73 Å². The Kier molecular flexibility index (Phi) is 6.75. The topological polar surface area (TPSA) is 29.3 Å². The van der Waals surface area contributed by atoms with Crippen LogP contribution in [0.1, 0.15) is 24.5 Å². The van der Waals surface area contributed by atoms with Gasteiger partial charge in [-0.1, -0.05) is 19.1 Å². The number of nitrogens with two attached hydrogens (primary N) is 1. The third kappa shape index (κ3) is 4.75. The van der Waals surface area contributed by atoms with Crippen LogP contribution < -0.4 is 5.73 Å². The number of thioether (sulfide) groups is 1. The Morgan fingerprint density at radius 3 is 2.74 bits per heavy atom. The SMILES string of the molecule is CCC(CSC)N(C)Cc1cc(F)ccc1C(N)=S. The van der Waals surface area contributed by atoms with Crippen LogP contribution in [0.25, 0.3) is 0 Å². The molecule has 0 heterocycles. The first-order valence-electron chi connectivity index (χ1n) is 6.27. The van der Waals surface area contributed by atoms with Gasteiger partial charge in [-0.15, -0.1) is 0 Å². The molecule has 0 fully saturated rings. The van der Waals surface area contributed by atoms with Crippen LogP contribution >= 0.6 is 24.0 Å². The van der Waals surface area contributed by atoms with Crippen LogP contribution in [0.2, 0.25) is 0 Å². The number of benzene rings is 1. The second-order valence-electron chi connectivity index (χ2n) is 4.60. The fourth-order valence-electron chi connectivity index (χ4n) is 2.08. The maximum atomic E-state index is 13.4. The van der Waals surface area contributed by atoms with Crippen molar-refractivity contribution in [1.82, 2.24) is 4.90 Å². The van der Waals surface area contributed by atoms with Gasteiger partial charge in [-0.2, -0.15) is 11.8 Å². The Balaban J connectivity index is 2.91. The Hall–Kier alpha value is -0.650. The smallest absolute Gasteiger partial charge is 0.123 e. The van der Waals surface area contributed by atoms with Crippen LogP contribution in [0.15, 0.2) is 18.2 Å². The molecule has 0 amide bonds. The fraction of sp³-hybridized carbons (Fsp3) is 0.500. The van der Waals surface area contributed by atoms with Crippen molar-refractivity contribution in [1.29, 1.82) is 0 Å². The van der Waals surface area contributed by atoms with E-state index < -0.39 is 0 Å². The van der Waals surface area contributed by atoms with Gasteiger partial charge in [0.15, 0.2) is 0 Å². The molecule has 1 aromatic carbocycles. The van der Waals surface area contributed by atoms with E-state index in [2.05, 4.69) is 25.1 Å². The highest BCUT2D eigenvalue weighted by atomic mass is 32.2. The summed E-state index contributed by atoms with van der Waals surface area (Å²) in [6, 6.07) is 5.06. The summed E-state index contributed by atoms with van der Waals surface area (Å²) >= 11 is 6.84. The standard InChI is InChI=1S/C14H21FN2S2/c1-4-12(9-19-3)17(2)8-10-7-11(15)5-6-13(10)14(16)18/h5-7,12H,4,8-9H2,1-3H3,(H2,16,18). The molecular weight excluding hydrogens is 279 g/mol. The summed E-state index contributed by atoms with van der Waals surface area (Å²) in [5, 5.41) is 0. The average Bonchev–Trinajstić information content (AvgIpc) is 2.35. The van der Waals surface area contributed by atoms with Crippen LogP contribution in [-0.2, 0) is 6.54 Å². The molecule has 0 spiro atoms. The highest BCUT2D eigenvalue weighted by Crippen LogP contribution is 2.17. The van der Waals surface area contributed by atoms with Crippen LogP contribution in [0, 0.1) is 5.82 Å². The number of hydrogen-bond acceptors (Lipinski definition) is 3. The van der Waals surface area contributed by atoms with Crippen molar-refractivity contribution >= 4 is 29.0 Å². The van der Waals surface area contributed by atoms with Gasteiger partial charge in [0.25, 0.3) is 0 Å². The molecule has 106 valence electrons. The predicted octanol–water partition coefficient (Wildman–Crippen LogP) is 3.03. The summed E-state index contributed by atoms with van der Waals surface area (Å²) < 4.78 is 13.4. The number of hydrogen-bond donors (Lipinski definition) is 1. The molecule has 19 heavy (non-hydrogen) atoms. The summed E-state index contributed by atoms with van der Waals surface area (Å²) in [6.45, 7) is 2.82. The molecule has 1 atom stereocenters. The summed E-state index contributed by atoms with van der Waals surface area (Å²) in [5.41, 5.74) is 7.32. The van der Waals surface area contributed by atoms with Gasteiger partial charge in [0.05, 0.1) is 0 Å². The molecule has 2 N–H and O–H groups in total. The third-order valence-corrected chi connectivity index (χ3v) is 4.14. The van der Waals surface area contributed by atoms with Crippen LogP contribution in [-0.4, -0.2) is 35.0 Å². The molecule has 0 aliphatic rings. The molecule has 0 radical (unpaired) electrons. The second-order valence-corrected chi connectivity index (χ2v) is 5.95. The van der Waals surface area contributed by atoms with Crippen LogP contribution in [0.5, 0.6) is 0 Å². The monoisotopic (exact) mass is 300 g/mol. The predicted molar refractivity (Wildman–Crippen MR) is 86.2 cm³/mol. The van der Waals surface area contributed by atoms with Crippen molar-refractivity contribution in [2.45, 2.75) is 25.9 Å². The molecule has 1 rings (SSSR count). The molecule has 0 saturated heterocycles. The molecular formula is C14H21FN2S2. The van der Waals surface area contributed by atoms with Crippen LogP contribution in [0.3, 0.4) is 0 Å². The maximum absolute atomic E-state index is 13.4. The lowest BCUT2D eigenvalue weighted by Crippen LogP contribution is -2.33. The minimum Gasteiger partial charge on any atom is -0.389 e. The first kappa shape index (κ1) is 16.4. The Labute approximate surface area is 124 Å². The molecule has 0 bridgehead atoms. The largest absolute Gasteiger partial charge is 0.389 e. The van der Waals surface area contributed by atoms with Crippen molar-refractivity contribution in [3.8, 4) is 0 Å². The molecule has 5 heteroatoms. The van der Waals surface area contributed by atoms with E-state index in [1.165, 1.54) is 12.1 Å². The maximum Gasteiger partial charge on any atom is 0.123 e. The second kappa shape index (κ2) is 7.82. The van der Waals surface area contributed by atoms with Crippen molar-refractivity contribution in [3.63, 3.8) is 0 Å². The van der Waals surface area contributed by atoms with E-state index in [-0.39, 0.29) is 5.82 Å².